The second kappa shape index (κ2) is 7.53. The maximum atomic E-state index is 5.43. The molecule has 0 saturated carbocycles. The number of ether oxygens (including phenoxy) is 1. The number of fused-ring (bicyclic) bond motifs is 1. The normalized spacial score (nSPS) is 16.2. The van der Waals surface area contributed by atoms with Gasteiger partial charge in [-0.3, -0.25) is 0 Å². The standard InChI is InChI=1S/C22H26N4O/c1-15-12-21(27-3)16(2)11-17(15)13-24-19-7-6-8-20-18(19)14-25-26(20)22-9-4-5-10-23-22/h4-5,9-12,14,19,24H,6-8,13H2,1-3H3/t19-/m0/s1. The highest BCUT2D eigenvalue weighted by Gasteiger charge is 2.25. The van der Waals surface area contributed by atoms with Crippen molar-refractivity contribution in [3.05, 3.63) is 70.7 Å². The van der Waals surface area contributed by atoms with Crippen LogP contribution in [-0.4, -0.2) is 21.9 Å². The second-order valence-electron chi connectivity index (χ2n) is 7.22. The molecule has 2 heterocycles. The highest BCUT2D eigenvalue weighted by atomic mass is 16.5. The van der Waals surface area contributed by atoms with Crippen molar-refractivity contribution in [3.8, 4) is 11.6 Å². The van der Waals surface area contributed by atoms with Gasteiger partial charge in [0.1, 0.15) is 5.75 Å². The SMILES string of the molecule is COc1cc(C)c(CN[C@H]2CCCc3c2cnn3-c2ccccn2)cc1C. The highest BCUT2D eigenvalue weighted by molar-refractivity contribution is 5.41. The minimum atomic E-state index is 0.327. The number of methoxy groups -OCH3 is 1. The van der Waals surface area contributed by atoms with Crippen molar-refractivity contribution < 1.29 is 4.74 Å². The summed E-state index contributed by atoms with van der Waals surface area (Å²) in [5.41, 5.74) is 6.32. The summed E-state index contributed by atoms with van der Waals surface area (Å²) in [6, 6.07) is 10.6. The number of pyridine rings is 1. The number of nitrogens with one attached hydrogen (secondary N) is 1. The van der Waals surface area contributed by atoms with E-state index in [0.717, 1.165) is 37.4 Å². The molecular formula is C22H26N4O. The van der Waals surface area contributed by atoms with Gasteiger partial charge in [-0.15, -0.1) is 0 Å². The average Bonchev–Trinajstić information content (AvgIpc) is 3.13. The number of rotatable bonds is 5. The third kappa shape index (κ3) is 3.47. The molecule has 1 aromatic carbocycles. The van der Waals surface area contributed by atoms with Crippen LogP contribution < -0.4 is 10.1 Å². The van der Waals surface area contributed by atoms with Gasteiger partial charge in [-0.1, -0.05) is 12.1 Å². The zero-order valence-electron chi connectivity index (χ0n) is 16.2. The predicted molar refractivity (Wildman–Crippen MR) is 106 cm³/mol. The first-order valence-corrected chi connectivity index (χ1v) is 9.53. The van der Waals surface area contributed by atoms with E-state index in [2.05, 4.69) is 41.4 Å². The first-order valence-electron chi connectivity index (χ1n) is 9.53. The Kier molecular flexibility index (Phi) is 4.94. The Morgan fingerprint density at radius 3 is 2.89 bits per heavy atom. The third-order valence-electron chi connectivity index (χ3n) is 5.44. The largest absolute Gasteiger partial charge is 0.496 e. The molecule has 0 unspecified atom stereocenters. The lowest BCUT2D eigenvalue weighted by atomic mass is 9.92. The topological polar surface area (TPSA) is 52.0 Å². The molecule has 27 heavy (non-hydrogen) atoms. The van der Waals surface area contributed by atoms with Crippen LogP contribution in [-0.2, 0) is 13.0 Å². The van der Waals surface area contributed by atoms with Crippen LogP contribution in [0.2, 0.25) is 0 Å². The number of benzene rings is 1. The zero-order chi connectivity index (χ0) is 18.8. The molecule has 5 nitrogen and oxygen atoms in total. The van der Waals surface area contributed by atoms with Gasteiger partial charge in [0.2, 0.25) is 0 Å². The van der Waals surface area contributed by atoms with Crippen LogP contribution in [0.4, 0.5) is 0 Å². The molecule has 0 aliphatic heterocycles. The maximum Gasteiger partial charge on any atom is 0.153 e. The molecule has 2 aromatic heterocycles. The molecule has 3 aromatic rings. The van der Waals surface area contributed by atoms with E-state index in [0.29, 0.717) is 6.04 Å². The van der Waals surface area contributed by atoms with Crippen molar-refractivity contribution in [1.82, 2.24) is 20.1 Å². The molecule has 1 aliphatic carbocycles. The Morgan fingerprint density at radius 1 is 1.22 bits per heavy atom. The Balaban J connectivity index is 1.54. The molecule has 140 valence electrons. The average molecular weight is 362 g/mol. The van der Waals surface area contributed by atoms with Crippen molar-refractivity contribution in [2.24, 2.45) is 0 Å². The summed E-state index contributed by atoms with van der Waals surface area (Å²) in [5, 5.41) is 8.38. The summed E-state index contributed by atoms with van der Waals surface area (Å²) >= 11 is 0. The van der Waals surface area contributed by atoms with Crippen LogP contribution in [0.15, 0.2) is 42.7 Å². The molecular weight excluding hydrogens is 336 g/mol. The summed E-state index contributed by atoms with van der Waals surface area (Å²) in [6.07, 6.45) is 7.16. The van der Waals surface area contributed by atoms with E-state index in [4.69, 9.17) is 4.74 Å². The third-order valence-corrected chi connectivity index (χ3v) is 5.44. The number of nitrogens with zero attached hydrogens (tertiary/aromatic N) is 3. The summed E-state index contributed by atoms with van der Waals surface area (Å²) in [5.74, 6) is 1.84. The van der Waals surface area contributed by atoms with E-state index in [9.17, 15) is 0 Å². The Hall–Kier alpha value is -2.66. The smallest absolute Gasteiger partial charge is 0.153 e. The number of aromatic nitrogens is 3. The second-order valence-corrected chi connectivity index (χ2v) is 7.22. The maximum absolute atomic E-state index is 5.43. The van der Waals surface area contributed by atoms with Gasteiger partial charge in [0.05, 0.1) is 19.0 Å². The van der Waals surface area contributed by atoms with Gasteiger partial charge in [-0.25, -0.2) is 9.67 Å². The first-order chi connectivity index (χ1) is 13.2. The Labute approximate surface area is 160 Å². The van der Waals surface area contributed by atoms with Crippen LogP contribution in [0.3, 0.4) is 0 Å². The van der Waals surface area contributed by atoms with Gasteiger partial charge in [0, 0.05) is 24.3 Å². The lowest BCUT2D eigenvalue weighted by Gasteiger charge is -2.25. The van der Waals surface area contributed by atoms with Gasteiger partial charge in [0.25, 0.3) is 0 Å². The summed E-state index contributed by atoms with van der Waals surface area (Å²) in [4.78, 5) is 4.45. The van der Waals surface area contributed by atoms with Crippen molar-refractivity contribution in [1.29, 1.82) is 0 Å². The zero-order valence-corrected chi connectivity index (χ0v) is 16.2. The molecule has 0 fully saturated rings. The van der Waals surface area contributed by atoms with Gasteiger partial charge in [-0.2, -0.15) is 5.10 Å². The van der Waals surface area contributed by atoms with E-state index >= 15 is 0 Å². The van der Waals surface area contributed by atoms with E-state index in [1.807, 2.05) is 35.3 Å². The van der Waals surface area contributed by atoms with Gasteiger partial charge in [0.15, 0.2) is 5.82 Å². The van der Waals surface area contributed by atoms with Crippen molar-refractivity contribution in [2.45, 2.75) is 45.7 Å². The molecule has 0 spiro atoms. The molecule has 5 heteroatoms. The van der Waals surface area contributed by atoms with Crippen LogP contribution in [0, 0.1) is 13.8 Å². The molecule has 1 N–H and O–H groups in total. The van der Waals surface area contributed by atoms with Gasteiger partial charge < -0.3 is 10.1 Å². The molecule has 0 saturated heterocycles. The Bertz CT molecular complexity index is 933. The molecule has 1 aliphatic rings. The predicted octanol–water partition coefficient (Wildman–Crippen LogP) is 4.06. The highest BCUT2D eigenvalue weighted by Crippen LogP contribution is 2.31. The molecule has 0 bridgehead atoms. The Morgan fingerprint density at radius 2 is 2.11 bits per heavy atom. The van der Waals surface area contributed by atoms with Crippen LogP contribution in [0.25, 0.3) is 5.82 Å². The van der Waals surface area contributed by atoms with E-state index < -0.39 is 0 Å². The monoisotopic (exact) mass is 362 g/mol. The molecule has 1 atom stereocenters. The lowest BCUT2D eigenvalue weighted by molar-refractivity contribution is 0.410. The molecule has 0 radical (unpaired) electrons. The molecule has 4 rings (SSSR count). The number of aryl methyl sites for hydroxylation is 2. The van der Waals surface area contributed by atoms with Gasteiger partial charge in [-0.05, 0) is 68.0 Å². The minimum Gasteiger partial charge on any atom is -0.496 e. The lowest BCUT2D eigenvalue weighted by Crippen LogP contribution is -2.25. The van der Waals surface area contributed by atoms with E-state index in [1.165, 1.54) is 27.9 Å². The van der Waals surface area contributed by atoms with E-state index in [1.54, 1.807) is 7.11 Å². The summed E-state index contributed by atoms with van der Waals surface area (Å²) in [7, 11) is 1.72. The first kappa shape index (κ1) is 17.7. The van der Waals surface area contributed by atoms with Crippen LogP contribution in [0.1, 0.15) is 46.8 Å². The minimum absolute atomic E-state index is 0.327. The number of hydrogen-bond donors (Lipinski definition) is 1. The van der Waals surface area contributed by atoms with Crippen molar-refractivity contribution in [2.75, 3.05) is 7.11 Å². The van der Waals surface area contributed by atoms with Crippen molar-refractivity contribution >= 4 is 0 Å². The summed E-state index contributed by atoms with van der Waals surface area (Å²) < 4.78 is 7.42. The van der Waals surface area contributed by atoms with Crippen molar-refractivity contribution in [3.63, 3.8) is 0 Å². The molecule has 0 amide bonds. The number of hydrogen-bond acceptors (Lipinski definition) is 4. The van der Waals surface area contributed by atoms with Gasteiger partial charge >= 0.3 is 0 Å². The fraction of sp³-hybridized carbons (Fsp3) is 0.364. The van der Waals surface area contributed by atoms with Crippen LogP contribution in [0.5, 0.6) is 5.75 Å². The summed E-state index contributed by atoms with van der Waals surface area (Å²) in [6.45, 7) is 5.08. The fourth-order valence-electron chi connectivity index (χ4n) is 3.94. The quantitative estimate of drug-likeness (QED) is 0.744. The fourth-order valence-corrected chi connectivity index (χ4v) is 3.94. The van der Waals surface area contributed by atoms with E-state index in [-0.39, 0.29) is 0 Å². The van der Waals surface area contributed by atoms with Crippen LogP contribution >= 0.6 is 0 Å².